The minimum absolute atomic E-state index is 0.193. The van der Waals surface area contributed by atoms with Crippen LogP contribution in [0.1, 0.15) is 47.6 Å². The monoisotopic (exact) mass is 411 g/mol. The van der Waals surface area contributed by atoms with Gasteiger partial charge < -0.3 is 4.90 Å². The van der Waals surface area contributed by atoms with E-state index in [9.17, 15) is 8.42 Å². The molecule has 1 N–H and O–H groups in total. The minimum Gasteiger partial charge on any atom is -0.370 e. The zero-order chi connectivity index (χ0) is 21.2. The highest BCUT2D eigenvalue weighted by molar-refractivity contribution is 7.89. The molecular weight excluding hydrogens is 382 g/mol. The Kier molecular flexibility index (Phi) is 6.30. The lowest BCUT2D eigenvalue weighted by Gasteiger charge is -2.34. The minimum atomic E-state index is -3.61. The molecule has 2 aromatic rings. The second kappa shape index (κ2) is 8.56. The van der Waals surface area contributed by atoms with Crippen LogP contribution in [0, 0.1) is 32.1 Å². The predicted octanol–water partition coefficient (Wildman–Crippen LogP) is 3.99. The Morgan fingerprint density at radius 2 is 1.86 bits per heavy atom. The number of nitriles is 1. The summed E-state index contributed by atoms with van der Waals surface area (Å²) in [5.74, 6) is 0. The van der Waals surface area contributed by atoms with Crippen molar-refractivity contribution in [3.63, 3.8) is 0 Å². The highest BCUT2D eigenvalue weighted by Gasteiger charge is 2.26. The molecule has 6 heteroatoms. The molecule has 0 fully saturated rings. The van der Waals surface area contributed by atoms with Gasteiger partial charge in [-0.2, -0.15) is 5.26 Å². The van der Waals surface area contributed by atoms with E-state index in [1.54, 1.807) is 0 Å². The Hall–Kier alpha value is -2.36. The van der Waals surface area contributed by atoms with Gasteiger partial charge in [0.25, 0.3) is 0 Å². The number of rotatable bonds is 6. The smallest absolute Gasteiger partial charge is 0.241 e. The maximum Gasteiger partial charge on any atom is 0.241 e. The van der Waals surface area contributed by atoms with Gasteiger partial charge in [-0.25, -0.2) is 13.1 Å². The van der Waals surface area contributed by atoms with Crippen LogP contribution in [0.25, 0.3) is 0 Å². The fraction of sp³-hybridized carbons (Fsp3) is 0.435. The van der Waals surface area contributed by atoms with Gasteiger partial charge in [0.15, 0.2) is 0 Å². The van der Waals surface area contributed by atoms with Gasteiger partial charge in [0.05, 0.1) is 16.5 Å². The molecule has 1 atom stereocenters. The molecule has 1 aliphatic heterocycles. The highest BCUT2D eigenvalue weighted by atomic mass is 32.2. The Balaban J connectivity index is 1.83. The van der Waals surface area contributed by atoms with E-state index in [0.29, 0.717) is 23.4 Å². The second-order valence-corrected chi connectivity index (χ2v) is 9.61. The standard InChI is InChI=1S/C23H29N3O2S/c1-5-21(25-29(27,28)23-17(3)11-16(2)12-18(23)4)15-26-10-6-7-20-13-19(14-24)8-9-22(20)26/h8-9,11-13,21,25H,5-7,10,15H2,1-4H3/t21-/m0/s1. The summed E-state index contributed by atoms with van der Waals surface area (Å²) >= 11 is 0. The number of nitrogens with zero attached hydrogens (tertiary/aromatic N) is 2. The van der Waals surface area contributed by atoms with E-state index in [2.05, 4.69) is 15.7 Å². The van der Waals surface area contributed by atoms with E-state index in [1.807, 2.05) is 58.0 Å². The topological polar surface area (TPSA) is 73.2 Å². The van der Waals surface area contributed by atoms with E-state index < -0.39 is 10.0 Å². The van der Waals surface area contributed by atoms with Crippen molar-refractivity contribution >= 4 is 15.7 Å². The van der Waals surface area contributed by atoms with Gasteiger partial charge in [-0.05, 0) is 74.9 Å². The quantitative estimate of drug-likeness (QED) is 0.780. The Labute approximate surface area is 174 Å². The molecule has 0 amide bonds. The number of hydrogen-bond acceptors (Lipinski definition) is 4. The van der Waals surface area contributed by atoms with E-state index in [1.165, 1.54) is 5.56 Å². The average molecular weight is 412 g/mol. The number of fused-ring (bicyclic) bond motifs is 1. The third-order valence-electron chi connectivity index (χ3n) is 5.55. The maximum atomic E-state index is 13.2. The first-order valence-corrected chi connectivity index (χ1v) is 11.6. The van der Waals surface area contributed by atoms with Crippen molar-refractivity contribution < 1.29 is 8.42 Å². The van der Waals surface area contributed by atoms with Crippen LogP contribution in [0.3, 0.4) is 0 Å². The molecule has 0 aromatic heterocycles. The van der Waals surface area contributed by atoms with Crippen molar-refractivity contribution in [2.24, 2.45) is 0 Å². The van der Waals surface area contributed by atoms with Gasteiger partial charge in [0, 0.05) is 24.8 Å². The molecule has 1 aliphatic rings. The largest absolute Gasteiger partial charge is 0.370 e. The zero-order valence-electron chi connectivity index (χ0n) is 17.6. The molecule has 0 radical (unpaired) electrons. The summed E-state index contributed by atoms with van der Waals surface area (Å²) in [7, 11) is -3.61. The van der Waals surface area contributed by atoms with Crippen LogP contribution < -0.4 is 9.62 Å². The molecule has 0 aliphatic carbocycles. The molecule has 0 saturated heterocycles. The highest BCUT2D eigenvalue weighted by Crippen LogP contribution is 2.29. The lowest BCUT2D eigenvalue weighted by molar-refractivity contribution is 0.523. The summed E-state index contributed by atoms with van der Waals surface area (Å²) in [6.07, 6.45) is 2.65. The van der Waals surface area contributed by atoms with Crippen molar-refractivity contribution in [1.82, 2.24) is 4.72 Å². The molecule has 0 unspecified atom stereocenters. The summed E-state index contributed by atoms with van der Waals surface area (Å²) in [6.45, 7) is 9.18. The SMILES string of the molecule is CC[C@@H](CN1CCCc2cc(C#N)ccc21)NS(=O)(=O)c1c(C)cc(C)cc1C. The van der Waals surface area contributed by atoms with Crippen molar-refractivity contribution in [3.8, 4) is 6.07 Å². The first-order chi connectivity index (χ1) is 13.7. The fourth-order valence-electron chi connectivity index (χ4n) is 4.32. The van der Waals surface area contributed by atoms with E-state index in [-0.39, 0.29) is 6.04 Å². The summed E-state index contributed by atoms with van der Waals surface area (Å²) in [6, 6.07) is 11.6. The van der Waals surface area contributed by atoms with Crippen molar-refractivity contribution in [2.45, 2.75) is 57.9 Å². The summed E-state index contributed by atoms with van der Waals surface area (Å²) in [5, 5.41) is 9.15. The third-order valence-corrected chi connectivity index (χ3v) is 7.38. The van der Waals surface area contributed by atoms with Crippen LogP contribution in [-0.2, 0) is 16.4 Å². The van der Waals surface area contributed by atoms with Crippen LogP contribution in [0.2, 0.25) is 0 Å². The Morgan fingerprint density at radius 1 is 1.17 bits per heavy atom. The van der Waals surface area contributed by atoms with E-state index in [4.69, 9.17) is 5.26 Å². The van der Waals surface area contributed by atoms with Crippen LogP contribution in [0.15, 0.2) is 35.2 Å². The summed E-state index contributed by atoms with van der Waals surface area (Å²) in [5.41, 5.74) is 5.56. The van der Waals surface area contributed by atoms with Gasteiger partial charge in [-0.1, -0.05) is 24.6 Å². The molecular formula is C23H29N3O2S. The molecule has 29 heavy (non-hydrogen) atoms. The maximum absolute atomic E-state index is 13.2. The normalized spacial score (nSPS) is 14.9. The van der Waals surface area contributed by atoms with Gasteiger partial charge in [-0.3, -0.25) is 0 Å². The van der Waals surface area contributed by atoms with E-state index in [0.717, 1.165) is 41.8 Å². The third kappa shape index (κ3) is 4.63. The van der Waals surface area contributed by atoms with Crippen LogP contribution in [0.5, 0.6) is 0 Å². The molecule has 0 spiro atoms. The number of anilines is 1. The van der Waals surface area contributed by atoms with Gasteiger partial charge in [-0.15, -0.1) is 0 Å². The molecule has 5 nitrogen and oxygen atoms in total. The van der Waals surface area contributed by atoms with Crippen molar-refractivity contribution in [2.75, 3.05) is 18.0 Å². The number of benzene rings is 2. The number of nitrogens with one attached hydrogen (secondary N) is 1. The first kappa shape index (κ1) is 21.4. The molecule has 1 heterocycles. The molecule has 3 rings (SSSR count). The van der Waals surface area contributed by atoms with Gasteiger partial charge in [0.1, 0.15) is 0 Å². The lowest BCUT2D eigenvalue weighted by Crippen LogP contribution is -2.45. The molecule has 2 aromatic carbocycles. The van der Waals surface area contributed by atoms with Crippen LogP contribution in [-0.4, -0.2) is 27.5 Å². The molecule has 0 saturated carbocycles. The summed E-state index contributed by atoms with van der Waals surface area (Å²) < 4.78 is 29.3. The van der Waals surface area contributed by atoms with Crippen molar-refractivity contribution in [1.29, 1.82) is 5.26 Å². The predicted molar refractivity (Wildman–Crippen MR) is 117 cm³/mol. The Morgan fingerprint density at radius 3 is 2.48 bits per heavy atom. The van der Waals surface area contributed by atoms with E-state index >= 15 is 0 Å². The molecule has 0 bridgehead atoms. The fourth-order valence-corrected chi connectivity index (χ4v) is 6.08. The summed E-state index contributed by atoms with van der Waals surface area (Å²) in [4.78, 5) is 2.63. The first-order valence-electron chi connectivity index (χ1n) is 10.1. The molecule has 154 valence electrons. The van der Waals surface area contributed by atoms with Crippen molar-refractivity contribution in [3.05, 3.63) is 58.1 Å². The number of sulfonamides is 1. The average Bonchev–Trinajstić information content (AvgIpc) is 2.65. The lowest BCUT2D eigenvalue weighted by atomic mass is 9.99. The second-order valence-electron chi connectivity index (χ2n) is 7.96. The zero-order valence-corrected chi connectivity index (χ0v) is 18.4. The van der Waals surface area contributed by atoms with Gasteiger partial charge in [0.2, 0.25) is 10.0 Å². The van der Waals surface area contributed by atoms with Crippen LogP contribution >= 0.6 is 0 Å². The Bertz CT molecular complexity index is 1030. The number of aryl methyl sites for hydroxylation is 4. The van der Waals surface area contributed by atoms with Crippen LogP contribution in [0.4, 0.5) is 5.69 Å². The van der Waals surface area contributed by atoms with Gasteiger partial charge >= 0.3 is 0 Å². The number of hydrogen-bond donors (Lipinski definition) is 1.